The number of sulfonamides is 1. The molecular formula is C17H20FNO3S. The summed E-state index contributed by atoms with van der Waals surface area (Å²) in [5.74, 6) is -0.741. The fourth-order valence-electron chi connectivity index (χ4n) is 2.33. The van der Waals surface area contributed by atoms with Gasteiger partial charge >= 0.3 is 0 Å². The van der Waals surface area contributed by atoms with E-state index in [1.165, 1.54) is 22.5 Å². The quantitative estimate of drug-likeness (QED) is 0.803. The molecule has 0 fully saturated rings. The fraction of sp³-hybridized carbons (Fsp3) is 0.294. The van der Waals surface area contributed by atoms with Crippen molar-refractivity contribution in [3.63, 3.8) is 0 Å². The lowest BCUT2D eigenvalue weighted by atomic mass is 10.1. The zero-order chi connectivity index (χ0) is 16.7. The molecule has 0 unspecified atom stereocenters. The Morgan fingerprint density at radius 2 is 1.65 bits per heavy atom. The summed E-state index contributed by atoms with van der Waals surface area (Å²) in [5, 5.41) is 9.14. The third kappa shape index (κ3) is 5.42. The van der Waals surface area contributed by atoms with Crippen molar-refractivity contribution in [2.45, 2.75) is 12.2 Å². The highest BCUT2D eigenvalue weighted by molar-refractivity contribution is 7.88. The van der Waals surface area contributed by atoms with E-state index in [1.807, 2.05) is 30.3 Å². The molecule has 0 atom stereocenters. The van der Waals surface area contributed by atoms with Crippen molar-refractivity contribution in [3.8, 4) is 0 Å². The SMILES string of the molecule is O=S(=O)(Cc1cccc(F)c1)N(CCO)CCc1ccccc1. The fourth-order valence-corrected chi connectivity index (χ4v) is 3.84. The molecule has 0 saturated carbocycles. The van der Waals surface area contributed by atoms with E-state index in [-0.39, 0.29) is 25.4 Å². The minimum atomic E-state index is -3.62. The van der Waals surface area contributed by atoms with Crippen LogP contribution in [-0.4, -0.2) is 37.5 Å². The minimum absolute atomic E-state index is 0.0322. The first-order chi connectivity index (χ1) is 11.0. The monoisotopic (exact) mass is 337 g/mol. The molecule has 0 heterocycles. The Hall–Kier alpha value is -1.76. The first-order valence-electron chi connectivity index (χ1n) is 7.38. The van der Waals surface area contributed by atoms with E-state index in [0.717, 1.165) is 5.56 Å². The van der Waals surface area contributed by atoms with Crippen LogP contribution in [0.3, 0.4) is 0 Å². The van der Waals surface area contributed by atoms with Crippen LogP contribution in [0.25, 0.3) is 0 Å². The molecule has 124 valence electrons. The van der Waals surface area contributed by atoms with Gasteiger partial charge in [-0.25, -0.2) is 12.8 Å². The summed E-state index contributed by atoms with van der Waals surface area (Å²) in [6.45, 7) is 0.0594. The van der Waals surface area contributed by atoms with E-state index in [0.29, 0.717) is 12.0 Å². The molecule has 23 heavy (non-hydrogen) atoms. The predicted molar refractivity (Wildman–Crippen MR) is 87.8 cm³/mol. The van der Waals surface area contributed by atoms with Gasteiger partial charge in [0.25, 0.3) is 0 Å². The molecule has 0 radical (unpaired) electrons. The number of benzene rings is 2. The number of halogens is 1. The van der Waals surface area contributed by atoms with Crippen LogP contribution in [0.4, 0.5) is 4.39 Å². The van der Waals surface area contributed by atoms with Gasteiger partial charge in [0.2, 0.25) is 10.0 Å². The van der Waals surface area contributed by atoms with Gasteiger partial charge in [0.15, 0.2) is 0 Å². The number of rotatable bonds is 8. The zero-order valence-electron chi connectivity index (χ0n) is 12.7. The number of hydrogen-bond donors (Lipinski definition) is 1. The number of nitrogens with zero attached hydrogens (tertiary/aromatic N) is 1. The molecule has 0 aromatic heterocycles. The topological polar surface area (TPSA) is 57.6 Å². The summed E-state index contributed by atoms with van der Waals surface area (Å²) in [4.78, 5) is 0. The van der Waals surface area contributed by atoms with Crippen molar-refractivity contribution in [1.29, 1.82) is 0 Å². The molecule has 1 N–H and O–H groups in total. The Bertz CT molecular complexity index is 720. The first kappa shape index (κ1) is 17.6. The van der Waals surface area contributed by atoms with Crippen LogP contribution in [0.1, 0.15) is 11.1 Å². The first-order valence-corrected chi connectivity index (χ1v) is 8.99. The number of aliphatic hydroxyl groups is 1. The second kappa shape index (κ2) is 8.19. The van der Waals surface area contributed by atoms with Crippen LogP contribution >= 0.6 is 0 Å². The summed E-state index contributed by atoms with van der Waals surface area (Å²) in [5.41, 5.74) is 1.42. The van der Waals surface area contributed by atoms with Gasteiger partial charge in [-0.15, -0.1) is 0 Å². The van der Waals surface area contributed by atoms with Crippen LogP contribution < -0.4 is 0 Å². The van der Waals surface area contributed by atoms with Crippen molar-refractivity contribution in [1.82, 2.24) is 4.31 Å². The average Bonchev–Trinajstić information content (AvgIpc) is 2.52. The van der Waals surface area contributed by atoms with E-state index >= 15 is 0 Å². The van der Waals surface area contributed by atoms with Gasteiger partial charge in [-0.2, -0.15) is 4.31 Å². The Balaban J connectivity index is 2.08. The molecule has 0 saturated heterocycles. The third-order valence-electron chi connectivity index (χ3n) is 3.47. The maximum atomic E-state index is 13.2. The van der Waals surface area contributed by atoms with E-state index in [1.54, 1.807) is 6.07 Å². The van der Waals surface area contributed by atoms with E-state index in [9.17, 15) is 12.8 Å². The standard InChI is InChI=1S/C17H20FNO3S/c18-17-8-4-7-16(13-17)14-23(21,22)19(11-12-20)10-9-15-5-2-1-3-6-15/h1-8,13,20H,9-12,14H2. The van der Waals surface area contributed by atoms with Crippen LogP contribution in [0.5, 0.6) is 0 Å². The van der Waals surface area contributed by atoms with Gasteiger partial charge in [-0.1, -0.05) is 42.5 Å². The molecule has 2 aromatic carbocycles. The van der Waals surface area contributed by atoms with Crippen LogP contribution in [0, 0.1) is 5.82 Å². The van der Waals surface area contributed by atoms with Gasteiger partial charge in [0.1, 0.15) is 5.82 Å². The highest BCUT2D eigenvalue weighted by Crippen LogP contribution is 2.13. The largest absolute Gasteiger partial charge is 0.395 e. The predicted octanol–water partition coefficient (Wildman–Crippen LogP) is 2.19. The van der Waals surface area contributed by atoms with Crippen molar-refractivity contribution in [3.05, 3.63) is 71.5 Å². The molecule has 0 spiro atoms. The zero-order valence-corrected chi connectivity index (χ0v) is 13.5. The Kier molecular flexibility index (Phi) is 6.27. The second-order valence-electron chi connectivity index (χ2n) is 5.24. The summed E-state index contributed by atoms with van der Waals surface area (Å²) in [6, 6.07) is 15.1. The lowest BCUT2D eigenvalue weighted by Crippen LogP contribution is -2.36. The highest BCUT2D eigenvalue weighted by atomic mass is 32.2. The summed E-state index contributed by atoms with van der Waals surface area (Å²) >= 11 is 0. The van der Waals surface area contributed by atoms with Gasteiger partial charge in [0.05, 0.1) is 12.4 Å². The molecule has 0 aliphatic heterocycles. The summed E-state index contributed by atoms with van der Waals surface area (Å²) in [7, 11) is -3.62. The molecule has 0 aliphatic rings. The molecule has 4 nitrogen and oxygen atoms in total. The average molecular weight is 337 g/mol. The minimum Gasteiger partial charge on any atom is -0.395 e. The van der Waals surface area contributed by atoms with Gasteiger partial charge in [-0.05, 0) is 29.7 Å². The summed E-state index contributed by atoms with van der Waals surface area (Å²) < 4.78 is 39.5. The van der Waals surface area contributed by atoms with Gasteiger partial charge < -0.3 is 5.11 Å². The smallest absolute Gasteiger partial charge is 0.218 e. The molecule has 2 rings (SSSR count). The highest BCUT2D eigenvalue weighted by Gasteiger charge is 2.22. The van der Waals surface area contributed by atoms with E-state index in [4.69, 9.17) is 5.11 Å². The maximum Gasteiger partial charge on any atom is 0.218 e. The van der Waals surface area contributed by atoms with Crippen LogP contribution in [0.2, 0.25) is 0 Å². The third-order valence-corrected chi connectivity index (χ3v) is 5.32. The van der Waals surface area contributed by atoms with Gasteiger partial charge in [0, 0.05) is 13.1 Å². The number of aliphatic hydroxyl groups excluding tert-OH is 1. The van der Waals surface area contributed by atoms with E-state index in [2.05, 4.69) is 0 Å². The molecule has 0 bridgehead atoms. The lowest BCUT2D eigenvalue weighted by Gasteiger charge is -2.21. The molecule has 0 aliphatic carbocycles. The normalized spacial score (nSPS) is 11.8. The Morgan fingerprint density at radius 1 is 0.957 bits per heavy atom. The number of hydrogen-bond acceptors (Lipinski definition) is 3. The second-order valence-corrected chi connectivity index (χ2v) is 7.21. The Labute approximate surface area is 136 Å². The molecular weight excluding hydrogens is 317 g/mol. The maximum absolute atomic E-state index is 13.2. The van der Waals surface area contributed by atoms with Crippen molar-refractivity contribution < 1.29 is 17.9 Å². The van der Waals surface area contributed by atoms with Crippen LogP contribution in [0.15, 0.2) is 54.6 Å². The lowest BCUT2D eigenvalue weighted by molar-refractivity contribution is 0.254. The molecule has 0 amide bonds. The van der Waals surface area contributed by atoms with Crippen molar-refractivity contribution >= 4 is 10.0 Å². The molecule has 6 heteroatoms. The van der Waals surface area contributed by atoms with E-state index < -0.39 is 15.8 Å². The van der Waals surface area contributed by atoms with Gasteiger partial charge in [-0.3, -0.25) is 0 Å². The van der Waals surface area contributed by atoms with Crippen molar-refractivity contribution in [2.75, 3.05) is 19.7 Å². The Morgan fingerprint density at radius 3 is 2.30 bits per heavy atom. The molecule has 2 aromatic rings. The van der Waals surface area contributed by atoms with Crippen LogP contribution in [-0.2, 0) is 22.2 Å². The summed E-state index contributed by atoms with van der Waals surface area (Å²) in [6.07, 6.45) is 0.559. The van der Waals surface area contributed by atoms with Crippen molar-refractivity contribution in [2.24, 2.45) is 0 Å².